The fourth-order valence-corrected chi connectivity index (χ4v) is 2.79. The van der Waals surface area contributed by atoms with Crippen molar-refractivity contribution in [2.24, 2.45) is 0 Å². The molecule has 1 saturated heterocycles. The zero-order valence-electron chi connectivity index (χ0n) is 14.9. The molecule has 1 aromatic carbocycles. The number of likely N-dealkylation sites (N-methyl/N-ethyl adjacent to an activating group) is 1. The molecule has 132 valence electrons. The zero-order valence-corrected chi connectivity index (χ0v) is 14.9. The Morgan fingerprint density at radius 3 is 2.50 bits per heavy atom. The van der Waals surface area contributed by atoms with Crippen LogP contribution in [0.3, 0.4) is 0 Å². The minimum absolute atomic E-state index is 0.152. The largest absolute Gasteiger partial charge is 0.493 e. The Kier molecular flexibility index (Phi) is 5.66. The predicted molar refractivity (Wildman–Crippen MR) is 89.4 cm³/mol. The van der Waals surface area contributed by atoms with Gasteiger partial charge in [0.1, 0.15) is 6.54 Å². The van der Waals surface area contributed by atoms with Crippen LogP contribution in [0.2, 0.25) is 0 Å². The number of amides is 3. The van der Waals surface area contributed by atoms with Gasteiger partial charge in [0.05, 0.1) is 21.3 Å². The molecule has 2 atom stereocenters. The third-order valence-corrected chi connectivity index (χ3v) is 4.54. The van der Waals surface area contributed by atoms with E-state index >= 15 is 0 Å². The van der Waals surface area contributed by atoms with Gasteiger partial charge in [0.2, 0.25) is 0 Å². The van der Waals surface area contributed by atoms with Crippen LogP contribution in [0, 0.1) is 6.92 Å². The summed E-state index contributed by atoms with van der Waals surface area (Å²) >= 11 is 0. The molecule has 0 aliphatic carbocycles. The van der Waals surface area contributed by atoms with Gasteiger partial charge in [0, 0.05) is 18.7 Å². The van der Waals surface area contributed by atoms with E-state index in [0.29, 0.717) is 31.1 Å². The van der Waals surface area contributed by atoms with Gasteiger partial charge < -0.3 is 19.7 Å². The molecule has 1 aliphatic heterocycles. The van der Waals surface area contributed by atoms with E-state index < -0.39 is 0 Å². The molecule has 0 aromatic heterocycles. The minimum Gasteiger partial charge on any atom is -0.493 e. The monoisotopic (exact) mass is 336 g/mol. The van der Waals surface area contributed by atoms with Gasteiger partial charge in [0.25, 0.3) is 5.91 Å². The van der Waals surface area contributed by atoms with Crippen LogP contribution in [0.25, 0.3) is 0 Å². The summed E-state index contributed by atoms with van der Waals surface area (Å²) in [5.74, 6) is 1.21. The zero-order chi connectivity index (χ0) is 17.9. The summed E-state index contributed by atoms with van der Waals surface area (Å²) in [6, 6.07) is 3.25. The van der Waals surface area contributed by atoms with Crippen LogP contribution in [0.4, 0.5) is 4.79 Å². The number of benzene rings is 1. The number of urea groups is 1. The van der Waals surface area contributed by atoms with Crippen molar-refractivity contribution in [3.8, 4) is 11.5 Å². The average Bonchev–Trinajstić information content (AvgIpc) is 3.00. The van der Waals surface area contributed by atoms with E-state index in [9.17, 15) is 9.59 Å². The molecule has 1 aromatic rings. The number of carbonyl (C=O) groups is 2. The van der Waals surface area contributed by atoms with Crippen molar-refractivity contribution in [1.82, 2.24) is 10.2 Å². The predicted octanol–water partition coefficient (Wildman–Crippen LogP) is -0.0328. The van der Waals surface area contributed by atoms with Crippen LogP contribution in [0.15, 0.2) is 12.1 Å². The van der Waals surface area contributed by atoms with E-state index in [2.05, 4.69) is 5.32 Å². The van der Waals surface area contributed by atoms with E-state index in [-0.39, 0.29) is 18.0 Å². The SMILES string of the molecule is COc1cc(C)c(C[NH+](C)[C@H](C)C(=O)N2CCNC2=O)cc1OC. The number of ether oxygens (including phenoxy) is 2. The molecule has 1 heterocycles. The lowest BCUT2D eigenvalue weighted by atomic mass is 10.1. The molecule has 1 aliphatic rings. The molecular weight excluding hydrogens is 310 g/mol. The van der Waals surface area contributed by atoms with Crippen molar-refractivity contribution < 1.29 is 24.0 Å². The summed E-state index contributed by atoms with van der Waals surface area (Å²) in [4.78, 5) is 26.5. The lowest BCUT2D eigenvalue weighted by Gasteiger charge is -2.24. The molecule has 1 fully saturated rings. The van der Waals surface area contributed by atoms with Gasteiger partial charge >= 0.3 is 6.03 Å². The Bertz CT molecular complexity index is 633. The summed E-state index contributed by atoms with van der Waals surface area (Å²) in [6.07, 6.45) is 0. The molecule has 24 heavy (non-hydrogen) atoms. The Morgan fingerprint density at radius 1 is 1.33 bits per heavy atom. The maximum atomic E-state index is 12.5. The van der Waals surface area contributed by atoms with E-state index in [0.717, 1.165) is 16.0 Å². The first kappa shape index (κ1) is 18.1. The van der Waals surface area contributed by atoms with Crippen molar-refractivity contribution in [3.05, 3.63) is 23.3 Å². The van der Waals surface area contributed by atoms with Crippen LogP contribution in [0.5, 0.6) is 11.5 Å². The van der Waals surface area contributed by atoms with Crippen molar-refractivity contribution in [1.29, 1.82) is 0 Å². The highest BCUT2D eigenvalue weighted by Crippen LogP contribution is 2.29. The molecule has 0 radical (unpaired) electrons. The number of imide groups is 1. The first-order valence-electron chi connectivity index (χ1n) is 8.02. The minimum atomic E-state index is -0.318. The van der Waals surface area contributed by atoms with Gasteiger partial charge in [-0.25, -0.2) is 4.79 Å². The molecule has 0 spiro atoms. The van der Waals surface area contributed by atoms with Gasteiger partial charge in [-0.1, -0.05) is 0 Å². The quantitative estimate of drug-likeness (QED) is 0.765. The lowest BCUT2D eigenvalue weighted by Crippen LogP contribution is -3.12. The molecule has 7 heteroatoms. The van der Waals surface area contributed by atoms with Crippen LogP contribution in [-0.4, -0.2) is 57.2 Å². The average molecular weight is 336 g/mol. The van der Waals surface area contributed by atoms with E-state index in [1.807, 2.05) is 33.0 Å². The molecule has 0 saturated carbocycles. The van der Waals surface area contributed by atoms with E-state index in [1.165, 1.54) is 4.90 Å². The van der Waals surface area contributed by atoms with E-state index in [4.69, 9.17) is 9.47 Å². The Morgan fingerprint density at radius 2 is 1.96 bits per heavy atom. The molecule has 1 unspecified atom stereocenters. The molecule has 7 nitrogen and oxygen atoms in total. The number of nitrogens with one attached hydrogen (secondary N) is 2. The third kappa shape index (κ3) is 3.62. The maximum Gasteiger partial charge on any atom is 0.324 e. The number of carbonyl (C=O) groups excluding carboxylic acids is 2. The molecular formula is C17H26N3O4+. The van der Waals surface area contributed by atoms with Crippen LogP contribution in [0.1, 0.15) is 18.1 Å². The van der Waals surface area contributed by atoms with Gasteiger partial charge in [-0.05, 0) is 31.5 Å². The standard InChI is InChI=1S/C17H25N3O4/c1-11-8-14(23-4)15(24-5)9-13(11)10-19(3)12(2)16(21)20-7-6-18-17(20)22/h8-9,12H,6-7,10H2,1-5H3,(H,18,22)/p+1/t12-/m1/s1. The van der Waals surface area contributed by atoms with E-state index in [1.54, 1.807) is 14.2 Å². The molecule has 2 rings (SSSR count). The second-order valence-electron chi connectivity index (χ2n) is 6.10. The lowest BCUT2D eigenvalue weighted by molar-refractivity contribution is -0.908. The number of hydrogen-bond acceptors (Lipinski definition) is 4. The van der Waals surface area contributed by atoms with Crippen LogP contribution in [-0.2, 0) is 11.3 Å². The normalized spacial score (nSPS) is 16.5. The number of rotatable bonds is 6. The fourth-order valence-electron chi connectivity index (χ4n) is 2.79. The first-order chi connectivity index (χ1) is 11.4. The smallest absolute Gasteiger partial charge is 0.324 e. The van der Waals surface area contributed by atoms with Crippen molar-refractivity contribution in [3.63, 3.8) is 0 Å². The number of methoxy groups -OCH3 is 2. The summed E-state index contributed by atoms with van der Waals surface area (Å²) in [5.41, 5.74) is 2.15. The third-order valence-electron chi connectivity index (χ3n) is 4.54. The number of hydrogen-bond donors (Lipinski definition) is 2. The van der Waals surface area contributed by atoms with Crippen molar-refractivity contribution >= 4 is 11.9 Å². The highest BCUT2D eigenvalue weighted by Gasteiger charge is 2.33. The molecule has 3 amide bonds. The summed E-state index contributed by atoms with van der Waals surface area (Å²) in [6.45, 7) is 5.45. The topological polar surface area (TPSA) is 72.3 Å². The number of nitrogens with zero attached hydrogens (tertiary/aromatic N) is 1. The molecule has 0 bridgehead atoms. The summed E-state index contributed by atoms with van der Waals surface area (Å²) in [5, 5.41) is 2.66. The van der Waals surface area contributed by atoms with Crippen LogP contribution >= 0.6 is 0 Å². The van der Waals surface area contributed by atoms with Gasteiger partial charge in [-0.15, -0.1) is 0 Å². The maximum absolute atomic E-state index is 12.5. The summed E-state index contributed by atoms with van der Waals surface area (Å²) in [7, 11) is 5.16. The second-order valence-corrected chi connectivity index (χ2v) is 6.10. The number of quaternary nitrogens is 1. The Balaban J connectivity index is 2.12. The van der Waals surface area contributed by atoms with Crippen molar-refractivity contribution in [2.75, 3.05) is 34.4 Å². The van der Waals surface area contributed by atoms with Gasteiger partial charge in [-0.3, -0.25) is 9.69 Å². The van der Waals surface area contributed by atoms with Gasteiger partial charge in [0.15, 0.2) is 17.5 Å². The Hall–Kier alpha value is -2.28. The first-order valence-corrected chi connectivity index (χ1v) is 8.02. The summed E-state index contributed by atoms with van der Waals surface area (Å²) < 4.78 is 10.7. The highest BCUT2D eigenvalue weighted by atomic mass is 16.5. The number of aryl methyl sites for hydroxylation is 1. The Labute approximate surface area is 142 Å². The van der Waals surface area contributed by atoms with Crippen LogP contribution < -0.4 is 19.7 Å². The van der Waals surface area contributed by atoms with Crippen molar-refractivity contribution in [2.45, 2.75) is 26.4 Å². The molecule has 2 N–H and O–H groups in total. The van der Waals surface area contributed by atoms with Gasteiger partial charge in [-0.2, -0.15) is 0 Å². The fraction of sp³-hybridized carbons (Fsp3) is 0.529. The second kappa shape index (κ2) is 7.53. The highest BCUT2D eigenvalue weighted by molar-refractivity contribution is 5.97.